The van der Waals surface area contributed by atoms with Gasteiger partial charge in [0.1, 0.15) is 0 Å². The number of nitrogens with zero attached hydrogens (tertiary/aromatic N) is 1. The molecule has 15 heavy (non-hydrogen) atoms. The largest absolute Gasteiger partial charge is 0.381 e. The van der Waals surface area contributed by atoms with Gasteiger partial charge < -0.3 is 5.11 Å². The van der Waals surface area contributed by atoms with Crippen molar-refractivity contribution in [3.8, 4) is 0 Å². The molecule has 1 N–H and O–H groups in total. The fraction of sp³-hybridized carbons (Fsp3) is 0.538. The standard InChI is InChI=1S/C13H19NO/c15-11-14-8-4-7-13(10-14)9-12-5-2-1-3-6-12/h1-3,5-6,13,15H,4,7-11H2. The van der Waals surface area contributed by atoms with Crippen molar-refractivity contribution in [1.29, 1.82) is 0 Å². The summed E-state index contributed by atoms with van der Waals surface area (Å²) in [5.74, 6) is 0.716. The second kappa shape index (κ2) is 5.29. The van der Waals surface area contributed by atoms with Crippen LogP contribution < -0.4 is 0 Å². The molecular formula is C13H19NO. The summed E-state index contributed by atoms with van der Waals surface area (Å²) in [6, 6.07) is 10.6. The minimum absolute atomic E-state index is 0.214. The van der Waals surface area contributed by atoms with Crippen molar-refractivity contribution in [2.45, 2.75) is 19.3 Å². The van der Waals surface area contributed by atoms with E-state index in [2.05, 4.69) is 35.2 Å². The molecule has 2 heteroatoms. The summed E-state index contributed by atoms with van der Waals surface area (Å²) in [7, 11) is 0. The Balaban J connectivity index is 1.89. The first-order valence-electron chi connectivity index (χ1n) is 5.75. The number of piperidine rings is 1. The van der Waals surface area contributed by atoms with Crippen LogP contribution >= 0.6 is 0 Å². The number of aliphatic hydroxyl groups is 1. The fourth-order valence-corrected chi connectivity index (χ4v) is 2.39. The first kappa shape index (κ1) is 10.7. The fourth-order valence-electron chi connectivity index (χ4n) is 2.39. The van der Waals surface area contributed by atoms with Crippen LogP contribution in [0, 0.1) is 5.92 Å². The minimum Gasteiger partial charge on any atom is -0.381 e. The number of hydrogen-bond donors (Lipinski definition) is 1. The van der Waals surface area contributed by atoms with Crippen LogP contribution in [-0.2, 0) is 6.42 Å². The molecule has 1 aromatic carbocycles. The van der Waals surface area contributed by atoms with Gasteiger partial charge in [-0.25, -0.2) is 0 Å². The Kier molecular flexibility index (Phi) is 3.75. The molecule has 0 amide bonds. The molecular weight excluding hydrogens is 186 g/mol. The van der Waals surface area contributed by atoms with Gasteiger partial charge >= 0.3 is 0 Å². The molecule has 1 fully saturated rings. The average Bonchev–Trinajstić information content (AvgIpc) is 2.31. The summed E-state index contributed by atoms with van der Waals surface area (Å²) >= 11 is 0. The second-order valence-corrected chi connectivity index (χ2v) is 4.42. The number of benzene rings is 1. The lowest BCUT2D eigenvalue weighted by molar-refractivity contribution is 0.0666. The highest BCUT2D eigenvalue weighted by Gasteiger charge is 2.18. The van der Waals surface area contributed by atoms with E-state index in [4.69, 9.17) is 5.11 Å². The van der Waals surface area contributed by atoms with Crippen molar-refractivity contribution in [2.75, 3.05) is 19.8 Å². The van der Waals surface area contributed by atoms with Gasteiger partial charge in [0.2, 0.25) is 0 Å². The lowest BCUT2D eigenvalue weighted by Crippen LogP contribution is -2.36. The predicted molar refractivity (Wildman–Crippen MR) is 61.5 cm³/mol. The summed E-state index contributed by atoms with van der Waals surface area (Å²) in [6.07, 6.45) is 3.67. The van der Waals surface area contributed by atoms with Gasteiger partial charge in [0.15, 0.2) is 0 Å². The molecule has 0 aliphatic carbocycles. The molecule has 0 saturated carbocycles. The van der Waals surface area contributed by atoms with Crippen LogP contribution in [-0.4, -0.2) is 29.8 Å². The van der Waals surface area contributed by atoms with Crippen molar-refractivity contribution in [3.63, 3.8) is 0 Å². The lowest BCUT2D eigenvalue weighted by Gasteiger charge is -2.31. The van der Waals surface area contributed by atoms with Gasteiger partial charge in [-0.1, -0.05) is 30.3 Å². The first-order valence-corrected chi connectivity index (χ1v) is 5.75. The van der Waals surface area contributed by atoms with E-state index in [1.54, 1.807) is 0 Å². The van der Waals surface area contributed by atoms with Crippen molar-refractivity contribution in [3.05, 3.63) is 35.9 Å². The highest BCUT2D eigenvalue weighted by atomic mass is 16.3. The Hall–Kier alpha value is -0.860. The van der Waals surface area contributed by atoms with Gasteiger partial charge in [-0.05, 0) is 30.7 Å². The number of aliphatic hydroxyl groups excluding tert-OH is 1. The minimum atomic E-state index is 0.214. The summed E-state index contributed by atoms with van der Waals surface area (Å²) in [5, 5.41) is 9.10. The number of rotatable bonds is 3. The third-order valence-corrected chi connectivity index (χ3v) is 3.17. The molecule has 1 aromatic rings. The van der Waals surface area contributed by atoms with Crippen molar-refractivity contribution >= 4 is 0 Å². The van der Waals surface area contributed by atoms with Gasteiger partial charge in [-0.15, -0.1) is 0 Å². The third-order valence-electron chi connectivity index (χ3n) is 3.17. The van der Waals surface area contributed by atoms with E-state index in [9.17, 15) is 0 Å². The zero-order valence-corrected chi connectivity index (χ0v) is 9.10. The molecule has 1 atom stereocenters. The van der Waals surface area contributed by atoms with Crippen LogP contribution in [0.3, 0.4) is 0 Å². The quantitative estimate of drug-likeness (QED) is 0.814. The second-order valence-electron chi connectivity index (χ2n) is 4.42. The summed E-state index contributed by atoms with van der Waals surface area (Å²) in [6.45, 7) is 2.32. The van der Waals surface area contributed by atoms with Gasteiger partial charge in [0.05, 0.1) is 6.73 Å². The van der Waals surface area contributed by atoms with Crippen molar-refractivity contribution < 1.29 is 5.11 Å². The maximum atomic E-state index is 9.10. The van der Waals surface area contributed by atoms with Crippen LogP contribution in [0.5, 0.6) is 0 Å². The van der Waals surface area contributed by atoms with Crippen molar-refractivity contribution in [1.82, 2.24) is 4.90 Å². The average molecular weight is 205 g/mol. The molecule has 2 nitrogen and oxygen atoms in total. The molecule has 0 bridgehead atoms. The molecule has 1 unspecified atom stereocenters. The zero-order valence-electron chi connectivity index (χ0n) is 9.10. The molecule has 1 heterocycles. The predicted octanol–water partition coefficient (Wildman–Crippen LogP) is 1.89. The molecule has 0 spiro atoms. The third kappa shape index (κ3) is 3.05. The smallest absolute Gasteiger partial charge is 0.0956 e. The molecule has 2 rings (SSSR count). The van der Waals surface area contributed by atoms with Gasteiger partial charge in [-0.2, -0.15) is 0 Å². The number of likely N-dealkylation sites (tertiary alicyclic amines) is 1. The Morgan fingerprint density at radius 1 is 1.27 bits per heavy atom. The molecule has 1 aliphatic rings. The van der Waals surface area contributed by atoms with E-state index in [0.29, 0.717) is 5.92 Å². The van der Waals surface area contributed by atoms with Gasteiger partial charge in [-0.3, -0.25) is 4.90 Å². The van der Waals surface area contributed by atoms with Gasteiger partial charge in [0.25, 0.3) is 0 Å². The van der Waals surface area contributed by atoms with Crippen LogP contribution in [0.1, 0.15) is 18.4 Å². The molecule has 0 radical (unpaired) electrons. The molecule has 0 aromatic heterocycles. The maximum Gasteiger partial charge on any atom is 0.0956 e. The Labute approximate surface area is 91.5 Å². The molecule has 82 valence electrons. The van der Waals surface area contributed by atoms with E-state index in [0.717, 1.165) is 19.5 Å². The van der Waals surface area contributed by atoms with E-state index in [1.807, 2.05) is 0 Å². The maximum absolute atomic E-state index is 9.10. The Bertz CT molecular complexity index is 286. The SMILES string of the molecule is OCN1CCCC(Cc2ccccc2)C1. The Morgan fingerprint density at radius 2 is 2.07 bits per heavy atom. The number of hydrogen-bond acceptors (Lipinski definition) is 2. The summed E-state index contributed by atoms with van der Waals surface area (Å²) < 4.78 is 0. The van der Waals surface area contributed by atoms with E-state index in [1.165, 1.54) is 18.4 Å². The normalized spacial score (nSPS) is 22.9. The summed E-state index contributed by atoms with van der Waals surface area (Å²) in [5.41, 5.74) is 1.42. The molecule has 1 saturated heterocycles. The molecule has 1 aliphatic heterocycles. The zero-order chi connectivity index (χ0) is 10.5. The van der Waals surface area contributed by atoms with E-state index >= 15 is 0 Å². The lowest BCUT2D eigenvalue weighted by atomic mass is 9.91. The van der Waals surface area contributed by atoms with Crippen LogP contribution in [0.4, 0.5) is 0 Å². The first-order chi connectivity index (χ1) is 7.38. The topological polar surface area (TPSA) is 23.5 Å². The van der Waals surface area contributed by atoms with Crippen LogP contribution in [0.25, 0.3) is 0 Å². The van der Waals surface area contributed by atoms with Crippen LogP contribution in [0.15, 0.2) is 30.3 Å². The van der Waals surface area contributed by atoms with E-state index in [-0.39, 0.29) is 6.73 Å². The summed E-state index contributed by atoms with van der Waals surface area (Å²) in [4.78, 5) is 2.14. The van der Waals surface area contributed by atoms with Crippen LogP contribution in [0.2, 0.25) is 0 Å². The van der Waals surface area contributed by atoms with Crippen molar-refractivity contribution in [2.24, 2.45) is 5.92 Å². The monoisotopic (exact) mass is 205 g/mol. The van der Waals surface area contributed by atoms with Gasteiger partial charge in [0, 0.05) is 13.1 Å². The Morgan fingerprint density at radius 3 is 2.80 bits per heavy atom. The highest BCUT2D eigenvalue weighted by Crippen LogP contribution is 2.20. The van der Waals surface area contributed by atoms with E-state index < -0.39 is 0 Å². The highest BCUT2D eigenvalue weighted by molar-refractivity contribution is 5.15.